The molecule has 0 radical (unpaired) electrons. The minimum Gasteiger partial charge on any atom is -0.365 e. The van der Waals surface area contributed by atoms with Crippen molar-refractivity contribution in [3.05, 3.63) is 59.7 Å². The summed E-state index contributed by atoms with van der Waals surface area (Å²) in [4.78, 5) is 19.9. The molecule has 11 heteroatoms. The van der Waals surface area contributed by atoms with E-state index in [0.717, 1.165) is 55.8 Å². The Kier molecular flexibility index (Phi) is 6.18. The third-order valence-corrected chi connectivity index (χ3v) is 6.33. The number of halogens is 4. The molecule has 2 aromatic heterocycles. The predicted octanol–water partition coefficient (Wildman–Crippen LogP) is 3.88. The Labute approximate surface area is 200 Å². The third kappa shape index (κ3) is 5.00. The zero-order valence-corrected chi connectivity index (χ0v) is 19.2. The Balaban J connectivity index is 1.45. The lowest BCUT2D eigenvalue weighted by molar-refractivity contribution is -0.138. The Hall–Kier alpha value is -3.47. The van der Waals surface area contributed by atoms with Gasteiger partial charge in [-0.2, -0.15) is 13.2 Å². The molecule has 35 heavy (non-hydrogen) atoms. The van der Waals surface area contributed by atoms with Gasteiger partial charge < -0.3 is 20.0 Å². The fourth-order valence-electron chi connectivity index (χ4n) is 4.39. The van der Waals surface area contributed by atoms with Crippen LogP contribution in [0.15, 0.2) is 42.7 Å². The number of fused-ring (bicyclic) bond motifs is 1. The molecule has 1 N–H and O–H groups in total. The van der Waals surface area contributed by atoms with Crippen molar-refractivity contribution in [3.8, 4) is 11.3 Å². The first-order chi connectivity index (χ1) is 16.8. The molecule has 2 aliphatic rings. The van der Waals surface area contributed by atoms with Crippen molar-refractivity contribution in [1.82, 2.24) is 19.9 Å². The van der Waals surface area contributed by atoms with Crippen molar-refractivity contribution in [2.75, 3.05) is 61.4 Å². The summed E-state index contributed by atoms with van der Waals surface area (Å²) in [5.74, 6) is 1.05. The number of alkyl halides is 3. The minimum absolute atomic E-state index is 0.137. The summed E-state index contributed by atoms with van der Waals surface area (Å²) in [7, 11) is 2.09. The van der Waals surface area contributed by atoms with E-state index in [1.165, 1.54) is 0 Å². The van der Waals surface area contributed by atoms with Crippen LogP contribution in [-0.4, -0.2) is 66.2 Å². The van der Waals surface area contributed by atoms with Crippen LogP contribution in [0.2, 0.25) is 0 Å². The van der Waals surface area contributed by atoms with Gasteiger partial charge in [-0.3, -0.25) is 0 Å². The number of rotatable bonds is 4. The molecule has 5 rings (SSSR count). The number of aromatic nitrogens is 3. The SMILES string of the molecule is CN1CCN(c2cc(-c3cnc4c(n3)N(Cc3cc(F)ccc3C(F)(F)F)CCN4)ccn2)CC1. The van der Waals surface area contributed by atoms with Gasteiger partial charge in [-0.15, -0.1) is 0 Å². The summed E-state index contributed by atoms with van der Waals surface area (Å²) in [6.07, 6.45) is -1.21. The Morgan fingerprint density at radius 3 is 2.57 bits per heavy atom. The highest BCUT2D eigenvalue weighted by Gasteiger charge is 2.34. The highest BCUT2D eigenvalue weighted by molar-refractivity contribution is 5.70. The van der Waals surface area contributed by atoms with Crippen LogP contribution in [0.5, 0.6) is 0 Å². The number of nitrogens with zero attached hydrogens (tertiary/aromatic N) is 6. The first kappa shape index (κ1) is 23.3. The number of piperazine rings is 1. The maximum atomic E-state index is 13.8. The number of anilines is 3. The van der Waals surface area contributed by atoms with E-state index in [2.05, 4.69) is 32.1 Å². The van der Waals surface area contributed by atoms with Crippen LogP contribution in [0.4, 0.5) is 35.0 Å². The normalized spacial score (nSPS) is 16.7. The monoisotopic (exact) mass is 487 g/mol. The van der Waals surface area contributed by atoms with Crippen LogP contribution in [-0.2, 0) is 12.7 Å². The van der Waals surface area contributed by atoms with E-state index in [-0.39, 0.29) is 12.1 Å². The van der Waals surface area contributed by atoms with Gasteiger partial charge in [0.1, 0.15) is 11.6 Å². The van der Waals surface area contributed by atoms with Crippen molar-refractivity contribution in [3.63, 3.8) is 0 Å². The van der Waals surface area contributed by atoms with Gasteiger partial charge in [0.25, 0.3) is 0 Å². The van der Waals surface area contributed by atoms with Crippen LogP contribution in [0.1, 0.15) is 11.1 Å². The summed E-state index contributed by atoms with van der Waals surface area (Å²) in [5, 5.41) is 3.14. The van der Waals surface area contributed by atoms with E-state index >= 15 is 0 Å². The van der Waals surface area contributed by atoms with Crippen LogP contribution >= 0.6 is 0 Å². The number of likely N-dealkylation sites (N-methyl/N-ethyl adjacent to an activating group) is 1. The topological polar surface area (TPSA) is 60.4 Å². The van der Waals surface area contributed by atoms with Gasteiger partial charge in [-0.1, -0.05) is 0 Å². The summed E-state index contributed by atoms with van der Waals surface area (Å²) in [6, 6.07) is 6.35. The molecule has 0 unspecified atom stereocenters. The summed E-state index contributed by atoms with van der Waals surface area (Å²) in [5.41, 5.74) is 0.412. The average molecular weight is 488 g/mol. The number of pyridine rings is 1. The minimum atomic E-state index is -4.58. The zero-order chi connectivity index (χ0) is 24.6. The first-order valence-corrected chi connectivity index (χ1v) is 11.4. The van der Waals surface area contributed by atoms with E-state index in [1.807, 2.05) is 12.1 Å². The molecule has 0 spiro atoms. The molecule has 1 saturated heterocycles. The molecule has 0 bridgehead atoms. The maximum absolute atomic E-state index is 13.8. The van der Waals surface area contributed by atoms with E-state index in [9.17, 15) is 17.6 Å². The molecule has 7 nitrogen and oxygen atoms in total. The molecule has 1 aromatic carbocycles. The standard InChI is InChI=1S/C24H25F4N7/c1-33-8-10-34(11-9-33)21-13-16(4-5-29-21)20-14-31-22-23(32-20)35(7-6-30-22)15-17-12-18(25)2-3-19(17)24(26,27)28/h2-5,12-14H,6-11,15H2,1H3,(H,30,31). The Morgan fingerprint density at radius 2 is 1.80 bits per heavy atom. The second-order valence-corrected chi connectivity index (χ2v) is 8.77. The number of hydrogen-bond acceptors (Lipinski definition) is 7. The fraction of sp³-hybridized carbons (Fsp3) is 0.375. The van der Waals surface area contributed by atoms with Crippen LogP contribution in [0.3, 0.4) is 0 Å². The quantitative estimate of drug-likeness (QED) is 0.561. The van der Waals surface area contributed by atoms with Crippen LogP contribution in [0, 0.1) is 5.82 Å². The second kappa shape index (κ2) is 9.29. The lowest BCUT2D eigenvalue weighted by atomic mass is 10.1. The predicted molar refractivity (Wildman–Crippen MR) is 126 cm³/mol. The Bertz CT molecular complexity index is 1210. The van der Waals surface area contributed by atoms with Crippen molar-refractivity contribution in [2.24, 2.45) is 0 Å². The largest absolute Gasteiger partial charge is 0.416 e. The van der Waals surface area contributed by atoms with E-state index in [0.29, 0.717) is 30.4 Å². The van der Waals surface area contributed by atoms with Gasteiger partial charge in [-0.05, 0) is 42.9 Å². The molecule has 0 atom stereocenters. The summed E-state index contributed by atoms with van der Waals surface area (Å²) < 4.78 is 54.4. The molecular formula is C24H25F4N7. The first-order valence-electron chi connectivity index (χ1n) is 11.4. The van der Waals surface area contributed by atoms with Gasteiger partial charge in [0.05, 0.1) is 17.5 Å². The molecule has 2 aliphatic heterocycles. The fourth-order valence-corrected chi connectivity index (χ4v) is 4.39. The highest BCUT2D eigenvalue weighted by Crippen LogP contribution is 2.35. The van der Waals surface area contributed by atoms with Crippen molar-refractivity contribution >= 4 is 17.5 Å². The molecule has 0 saturated carbocycles. The van der Waals surface area contributed by atoms with Gasteiger partial charge in [0.15, 0.2) is 11.6 Å². The van der Waals surface area contributed by atoms with Crippen LogP contribution in [0.25, 0.3) is 11.3 Å². The van der Waals surface area contributed by atoms with Crippen molar-refractivity contribution < 1.29 is 17.6 Å². The maximum Gasteiger partial charge on any atom is 0.416 e. The highest BCUT2D eigenvalue weighted by atomic mass is 19.4. The second-order valence-electron chi connectivity index (χ2n) is 8.77. The number of hydrogen-bond donors (Lipinski definition) is 1. The van der Waals surface area contributed by atoms with E-state index in [1.54, 1.807) is 17.3 Å². The molecule has 184 valence electrons. The summed E-state index contributed by atoms with van der Waals surface area (Å²) in [6.45, 7) is 4.40. The lowest BCUT2D eigenvalue weighted by Gasteiger charge is -2.33. The number of nitrogens with one attached hydrogen (secondary N) is 1. The molecule has 4 heterocycles. The van der Waals surface area contributed by atoms with Crippen molar-refractivity contribution in [2.45, 2.75) is 12.7 Å². The third-order valence-electron chi connectivity index (χ3n) is 6.33. The summed E-state index contributed by atoms with van der Waals surface area (Å²) >= 11 is 0. The van der Waals surface area contributed by atoms with Gasteiger partial charge in [0.2, 0.25) is 0 Å². The number of benzene rings is 1. The molecule has 0 amide bonds. The zero-order valence-electron chi connectivity index (χ0n) is 19.2. The van der Waals surface area contributed by atoms with E-state index < -0.39 is 17.6 Å². The molecular weight excluding hydrogens is 462 g/mol. The Morgan fingerprint density at radius 1 is 1.00 bits per heavy atom. The van der Waals surface area contributed by atoms with Crippen LogP contribution < -0.4 is 15.1 Å². The molecule has 1 fully saturated rings. The average Bonchev–Trinajstić information content (AvgIpc) is 2.84. The van der Waals surface area contributed by atoms with E-state index in [4.69, 9.17) is 4.98 Å². The van der Waals surface area contributed by atoms with Gasteiger partial charge in [0, 0.05) is 57.6 Å². The molecule has 3 aromatic rings. The van der Waals surface area contributed by atoms with Crippen molar-refractivity contribution in [1.29, 1.82) is 0 Å². The van der Waals surface area contributed by atoms with Gasteiger partial charge in [-0.25, -0.2) is 19.3 Å². The smallest absolute Gasteiger partial charge is 0.365 e. The lowest BCUT2D eigenvalue weighted by Crippen LogP contribution is -2.44. The van der Waals surface area contributed by atoms with Gasteiger partial charge >= 0.3 is 6.18 Å². The molecule has 0 aliphatic carbocycles.